The Morgan fingerprint density at radius 3 is 2.43 bits per heavy atom. The zero-order chi connectivity index (χ0) is 15.0. The smallest absolute Gasteiger partial charge is 0.309 e. The fraction of sp³-hybridized carbons (Fsp3) is 0.941. The molecular formula is C17H30N2O2. The molecule has 1 N–H and O–H groups in total. The third-order valence-electron chi connectivity index (χ3n) is 6.31. The Morgan fingerprint density at radius 1 is 0.952 bits per heavy atom. The van der Waals surface area contributed by atoms with Gasteiger partial charge < -0.3 is 5.11 Å². The van der Waals surface area contributed by atoms with Crippen molar-refractivity contribution in [2.45, 2.75) is 64.5 Å². The van der Waals surface area contributed by atoms with E-state index in [9.17, 15) is 9.90 Å². The number of hydrogen-bond donors (Lipinski definition) is 1. The maximum absolute atomic E-state index is 11.5. The highest BCUT2D eigenvalue weighted by atomic mass is 16.4. The number of carboxylic acids is 1. The summed E-state index contributed by atoms with van der Waals surface area (Å²) in [6.45, 7) is 8.49. The highest BCUT2D eigenvalue weighted by Gasteiger charge is 2.44. The van der Waals surface area contributed by atoms with E-state index in [1.165, 1.54) is 45.3 Å². The lowest BCUT2D eigenvalue weighted by Crippen LogP contribution is -2.52. The standard InChI is InChI=1S/C17H30N2O2/c1-17(2,16(20)21)13-6-5-10-19(12-13)15-8-11-18-9-4-3-7-14(15)18/h13-15H,3-12H2,1-2H3,(H,20,21). The van der Waals surface area contributed by atoms with Gasteiger partial charge in [-0.2, -0.15) is 0 Å². The minimum Gasteiger partial charge on any atom is -0.481 e. The molecule has 0 spiro atoms. The average molecular weight is 294 g/mol. The van der Waals surface area contributed by atoms with Crippen molar-refractivity contribution in [2.75, 3.05) is 26.2 Å². The summed E-state index contributed by atoms with van der Waals surface area (Å²) in [5.41, 5.74) is -0.594. The van der Waals surface area contributed by atoms with Crippen molar-refractivity contribution in [2.24, 2.45) is 11.3 Å². The Kier molecular flexibility index (Phi) is 4.28. The van der Waals surface area contributed by atoms with Crippen LogP contribution in [-0.2, 0) is 4.79 Å². The third-order valence-corrected chi connectivity index (χ3v) is 6.31. The Morgan fingerprint density at radius 2 is 1.67 bits per heavy atom. The Hall–Kier alpha value is -0.610. The summed E-state index contributed by atoms with van der Waals surface area (Å²) < 4.78 is 0. The summed E-state index contributed by atoms with van der Waals surface area (Å²) in [5.74, 6) is -0.346. The van der Waals surface area contributed by atoms with Crippen molar-refractivity contribution in [1.29, 1.82) is 0 Å². The molecule has 3 aliphatic rings. The van der Waals surface area contributed by atoms with Gasteiger partial charge in [-0.05, 0) is 65.0 Å². The average Bonchev–Trinajstić information content (AvgIpc) is 2.91. The van der Waals surface area contributed by atoms with Gasteiger partial charge in [-0.15, -0.1) is 0 Å². The van der Waals surface area contributed by atoms with Gasteiger partial charge in [-0.3, -0.25) is 14.6 Å². The van der Waals surface area contributed by atoms with Gasteiger partial charge in [0.05, 0.1) is 5.41 Å². The van der Waals surface area contributed by atoms with Crippen LogP contribution in [-0.4, -0.2) is 59.1 Å². The van der Waals surface area contributed by atoms with E-state index in [1.807, 2.05) is 13.8 Å². The van der Waals surface area contributed by atoms with Crippen LogP contribution in [0.4, 0.5) is 0 Å². The van der Waals surface area contributed by atoms with Crippen LogP contribution in [0, 0.1) is 11.3 Å². The lowest BCUT2D eigenvalue weighted by Gasteiger charge is -2.44. The first-order valence-electron chi connectivity index (χ1n) is 8.71. The molecule has 3 saturated heterocycles. The second-order valence-corrected chi connectivity index (χ2v) is 7.82. The van der Waals surface area contributed by atoms with E-state index < -0.39 is 11.4 Å². The molecule has 21 heavy (non-hydrogen) atoms. The molecule has 4 nitrogen and oxygen atoms in total. The van der Waals surface area contributed by atoms with Gasteiger partial charge in [0.25, 0.3) is 0 Å². The number of aliphatic carboxylic acids is 1. The molecule has 0 radical (unpaired) electrons. The second kappa shape index (κ2) is 5.88. The first-order chi connectivity index (χ1) is 10.00. The molecule has 0 aromatic carbocycles. The van der Waals surface area contributed by atoms with E-state index in [0.717, 1.165) is 25.4 Å². The van der Waals surface area contributed by atoms with E-state index in [1.54, 1.807) is 0 Å². The minimum atomic E-state index is -0.639. The van der Waals surface area contributed by atoms with Crippen molar-refractivity contribution in [1.82, 2.24) is 9.80 Å². The number of fused-ring (bicyclic) bond motifs is 1. The fourth-order valence-electron chi connectivity index (χ4n) is 4.72. The highest BCUT2D eigenvalue weighted by molar-refractivity contribution is 5.74. The molecule has 3 aliphatic heterocycles. The summed E-state index contributed by atoms with van der Waals surface area (Å²) in [6.07, 6.45) is 7.58. The lowest BCUT2D eigenvalue weighted by atomic mass is 9.74. The topological polar surface area (TPSA) is 43.8 Å². The molecule has 0 aliphatic carbocycles. The molecule has 0 aromatic rings. The van der Waals surface area contributed by atoms with Crippen molar-refractivity contribution in [3.05, 3.63) is 0 Å². The predicted octanol–water partition coefficient (Wildman–Crippen LogP) is 2.44. The molecule has 3 heterocycles. The van der Waals surface area contributed by atoms with Crippen molar-refractivity contribution >= 4 is 5.97 Å². The van der Waals surface area contributed by atoms with Gasteiger partial charge in [-0.1, -0.05) is 6.42 Å². The molecule has 120 valence electrons. The summed E-state index contributed by atoms with van der Waals surface area (Å²) in [6, 6.07) is 1.42. The SMILES string of the molecule is CC(C)(C(=O)O)C1CCCN(C2CCN3CCCCC23)C1. The molecule has 4 heteroatoms. The molecule has 3 unspecified atom stereocenters. The van der Waals surface area contributed by atoms with Crippen LogP contribution in [0.1, 0.15) is 52.4 Å². The summed E-state index contributed by atoms with van der Waals surface area (Å²) >= 11 is 0. The summed E-state index contributed by atoms with van der Waals surface area (Å²) in [4.78, 5) is 16.9. The van der Waals surface area contributed by atoms with Crippen molar-refractivity contribution in [3.8, 4) is 0 Å². The van der Waals surface area contributed by atoms with Gasteiger partial charge in [0.2, 0.25) is 0 Å². The maximum Gasteiger partial charge on any atom is 0.309 e. The summed E-state index contributed by atoms with van der Waals surface area (Å²) in [5, 5.41) is 9.51. The number of nitrogens with zero attached hydrogens (tertiary/aromatic N) is 2. The molecular weight excluding hydrogens is 264 g/mol. The Balaban J connectivity index is 1.67. The van der Waals surface area contributed by atoms with Gasteiger partial charge in [0, 0.05) is 25.2 Å². The van der Waals surface area contributed by atoms with Gasteiger partial charge in [0.15, 0.2) is 0 Å². The number of hydrogen-bond acceptors (Lipinski definition) is 3. The van der Waals surface area contributed by atoms with Crippen LogP contribution in [0.25, 0.3) is 0 Å². The quantitative estimate of drug-likeness (QED) is 0.868. The van der Waals surface area contributed by atoms with E-state index in [-0.39, 0.29) is 0 Å². The van der Waals surface area contributed by atoms with Crippen LogP contribution < -0.4 is 0 Å². The first kappa shape index (κ1) is 15.3. The van der Waals surface area contributed by atoms with Crippen LogP contribution in [0.3, 0.4) is 0 Å². The molecule has 0 aromatic heterocycles. The van der Waals surface area contributed by atoms with E-state index >= 15 is 0 Å². The highest BCUT2D eigenvalue weighted by Crippen LogP contribution is 2.38. The number of carboxylic acid groups (broad SMARTS) is 1. The number of piperidine rings is 2. The fourth-order valence-corrected chi connectivity index (χ4v) is 4.72. The normalized spacial score (nSPS) is 35.6. The van der Waals surface area contributed by atoms with E-state index in [2.05, 4.69) is 9.80 Å². The minimum absolute atomic E-state index is 0.293. The zero-order valence-electron chi connectivity index (χ0n) is 13.6. The van der Waals surface area contributed by atoms with Crippen LogP contribution in [0.5, 0.6) is 0 Å². The Bertz CT molecular complexity index is 396. The third kappa shape index (κ3) is 2.85. The van der Waals surface area contributed by atoms with Gasteiger partial charge >= 0.3 is 5.97 Å². The molecule has 0 saturated carbocycles. The van der Waals surface area contributed by atoms with Gasteiger partial charge in [-0.25, -0.2) is 0 Å². The molecule has 3 atom stereocenters. The second-order valence-electron chi connectivity index (χ2n) is 7.82. The van der Waals surface area contributed by atoms with Crippen LogP contribution in [0.2, 0.25) is 0 Å². The number of rotatable bonds is 3. The number of likely N-dealkylation sites (tertiary alicyclic amines) is 1. The largest absolute Gasteiger partial charge is 0.481 e. The van der Waals surface area contributed by atoms with Crippen LogP contribution >= 0.6 is 0 Å². The van der Waals surface area contributed by atoms with Crippen LogP contribution in [0.15, 0.2) is 0 Å². The predicted molar refractivity (Wildman–Crippen MR) is 83.3 cm³/mol. The molecule has 0 bridgehead atoms. The maximum atomic E-state index is 11.5. The molecule has 3 fully saturated rings. The van der Waals surface area contributed by atoms with Crippen molar-refractivity contribution < 1.29 is 9.90 Å². The summed E-state index contributed by atoms with van der Waals surface area (Å²) in [7, 11) is 0. The molecule has 0 amide bonds. The lowest BCUT2D eigenvalue weighted by molar-refractivity contribution is -0.151. The van der Waals surface area contributed by atoms with Gasteiger partial charge in [0.1, 0.15) is 0 Å². The zero-order valence-corrected chi connectivity index (χ0v) is 13.6. The Labute approximate surface area is 128 Å². The van der Waals surface area contributed by atoms with E-state index in [4.69, 9.17) is 0 Å². The number of carbonyl (C=O) groups is 1. The van der Waals surface area contributed by atoms with Crippen molar-refractivity contribution in [3.63, 3.8) is 0 Å². The monoisotopic (exact) mass is 294 g/mol. The van der Waals surface area contributed by atoms with E-state index in [0.29, 0.717) is 12.0 Å². The molecule has 3 rings (SSSR count). The first-order valence-corrected chi connectivity index (χ1v) is 8.71.